The van der Waals surface area contributed by atoms with Crippen molar-refractivity contribution in [3.05, 3.63) is 71.3 Å². The molecule has 2 atom stereocenters. The molecule has 136 valence electrons. The number of hydrogen-bond donors (Lipinski definition) is 0. The monoisotopic (exact) mass is 356 g/mol. The normalized spacial score (nSPS) is 28.7. The first-order chi connectivity index (χ1) is 13.1. The smallest absolute Gasteiger partial charge is 0.134 e. The minimum absolute atomic E-state index is 0.00650. The molecule has 3 fully saturated rings. The van der Waals surface area contributed by atoms with Crippen molar-refractivity contribution in [1.29, 1.82) is 5.26 Å². The second kappa shape index (κ2) is 6.04. The molecule has 3 heteroatoms. The van der Waals surface area contributed by atoms with E-state index in [2.05, 4.69) is 53.4 Å². The Hall–Kier alpha value is -2.44. The molecule has 2 aliphatic heterocycles. The van der Waals surface area contributed by atoms with Crippen LogP contribution in [-0.4, -0.2) is 16.7 Å². The average Bonchev–Trinajstić information content (AvgIpc) is 2.89. The van der Waals surface area contributed by atoms with Gasteiger partial charge in [-0.3, -0.25) is 9.69 Å². The number of piperidine rings is 1. The second-order valence-electron chi connectivity index (χ2n) is 8.80. The van der Waals surface area contributed by atoms with Crippen molar-refractivity contribution in [2.24, 2.45) is 5.41 Å². The molecule has 2 unspecified atom stereocenters. The summed E-state index contributed by atoms with van der Waals surface area (Å²) in [4.78, 5) is 14.6. The maximum absolute atomic E-state index is 11.9. The van der Waals surface area contributed by atoms with Gasteiger partial charge in [-0.25, -0.2) is 0 Å². The Labute approximate surface area is 160 Å². The van der Waals surface area contributed by atoms with E-state index in [1.807, 2.05) is 12.1 Å². The minimum atomic E-state index is -0.00650. The number of nitriles is 1. The number of ketones is 1. The lowest BCUT2D eigenvalue weighted by atomic mass is 9.57. The average molecular weight is 356 g/mol. The van der Waals surface area contributed by atoms with Crippen molar-refractivity contribution in [3.63, 3.8) is 0 Å². The molecule has 1 spiro atoms. The van der Waals surface area contributed by atoms with Gasteiger partial charge in [0, 0.05) is 31.0 Å². The summed E-state index contributed by atoms with van der Waals surface area (Å²) in [5.74, 6) is 0.431. The van der Waals surface area contributed by atoms with Crippen LogP contribution in [0.3, 0.4) is 0 Å². The highest BCUT2D eigenvalue weighted by atomic mass is 16.1. The summed E-state index contributed by atoms with van der Waals surface area (Å²) in [6.45, 7) is 0.954. The van der Waals surface area contributed by atoms with Crippen LogP contribution in [0.15, 0.2) is 54.6 Å². The van der Waals surface area contributed by atoms with E-state index in [0.29, 0.717) is 17.4 Å². The van der Waals surface area contributed by atoms with E-state index in [9.17, 15) is 10.1 Å². The summed E-state index contributed by atoms with van der Waals surface area (Å²) in [7, 11) is 0. The van der Waals surface area contributed by atoms with Crippen LogP contribution in [-0.2, 0) is 16.9 Å². The Morgan fingerprint density at radius 1 is 1.07 bits per heavy atom. The fourth-order valence-corrected chi connectivity index (χ4v) is 6.03. The molecule has 2 bridgehead atoms. The molecule has 2 aromatic carbocycles. The van der Waals surface area contributed by atoms with Crippen molar-refractivity contribution in [2.45, 2.75) is 56.7 Å². The number of nitrogens with zero attached hydrogens (tertiary/aromatic N) is 2. The number of fused-ring (bicyclic) bond motifs is 2. The zero-order chi connectivity index (χ0) is 18.5. The number of carbonyl (C=O) groups excluding carboxylic acids is 1. The van der Waals surface area contributed by atoms with E-state index >= 15 is 0 Å². The lowest BCUT2D eigenvalue weighted by molar-refractivity contribution is -0.142. The summed E-state index contributed by atoms with van der Waals surface area (Å²) < 4.78 is 0. The Balaban J connectivity index is 1.55. The number of Topliss-reactive ketones (excluding diaryl/α,β-unsaturated/α-hetero) is 1. The highest BCUT2D eigenvalue weighted by Crippen LogP contribution is 2.62. The van der Waals surface area contributed by atoms with Gasteiger partial charge in [0.25, 0.3) is 0 Å². The lowest BCUT2D eigenvalue weighted by Gasteiger charge is -2.56. The van der Waals surface area contributed by atoms with Crippen LogP contribution in [0.4, 0.5) is 0 Å². The highest BCUT2D eigenvalue weighted by Gasteiger charge is 2.60. The van der Waals surface area contributed by atoms with Crippen LogP contribution in [0.2, 0.25) is 0 Å². The quantitative estimate of drug-likeness (QED) is 0.810. The van der Waals surface area contributed by atoms with Crippen molar-refractivity contribution in [1.82, 2.24) is 4.90 Å². The van der Waals surface area contributed by atoms with E-state index in [4.69, 9.17) is 0 Å². The van der Waals surface area contributed by atoms with Gasteiger partial charge in [0.05, 0.1) is 11.6 Å². The molecule has 0 aromatic heterocycles. The van der Waals surface area contributed by atoms with E-state index in [1.54, 1.807) is 0 Å². The molecule has 27 heavy (non-hydrogen) atoms. The van der Waals surface area contributed by atoms with Crippen LogP contribution < -0.4 is 0 Å². The molecule has 2 saturated heterocycles. The summed E-state index contributed by atoms with van der Waals surface area (Å²) >= 11 is 0. The van der Waals surface area contributed by atoms with Gasteiger partial charge in [-0.15, -0.1) is 0 Å². The van der Waals surface area contributed by atoms with Crippen LogP contribution in [0.25, 0.3) is 0 Å². The molecule has 1 aliphatic carbocycles. The Bertz CT molecular complexity index is 904. The third-order valence-corrected chi connectivity index (χ3v) is 7.11. The standard InChI is InChI=1S/C24H24N2O/c25-15-18-6-8-20(9-7-18)24-11-10-21(12-23(17-24)13-22(27)14-23)26(24)16-19-4-2-1-3-5-19/h1-9,21H,10-14,16-17H2. The van der Waals surface area contributed by atoms with E-state index in [0.717, 1.165) is 38.6 Å². The number of rotatable bonds is 3. The Morgan fingerprint density at radius 2 is 1.81 bits per heavy atom. The minimum Gasteiger partial charge on any atom is -0.300 e. The van der Waals surface area contributed by atoms with Gasteiger partial charge in [-0.2, -0.15) is 5.26 Å². The van der Waals surface area contributed by atoms with E-state index < -0.39 is 0 Å². The van der Waals surface area contributed by atoms with Gasteiger partial charge in [-0.05, 0) is 54.4 Å². The largest absolute Gasteiger partial charge is 0.300 e. The molecule has 0 radical (unpaired) electrons. The first-order valence-corrected chi connectivity index (χ1v) is 9.96. The molecule has 3 nitrogen and oxygen atoms in total. The van der Waals surface area contributed by atoms with E-state index in [-0.39, 0.29) is 11.0 Å². The predicted octanol–water partition coefficient (Wildman–Crippen LogP) is 4.56. The van der Waals surface area contributed by atoms with Gasteiger partial charge in [0.1, 0.15) is 5.78 Å². The summed E-state index contributed by atoms with van der Waals surface area (Å²) in [6, 6.07) is 21.7. The van der Waals surface area contributed by atoms with Crippen molar-refractivity contribution in [2.75, 3.05) is 0 Å². The maximum atomic E-state index is 11.9. The van der Waals surface area contributed by atoms with Crippen LogP contribution in [0.1, 0.15) is 55.2 Å². The first-order valence-electron chi connectivity index (χ1n) is 9.96. The van der Waals surface area contributed by atoms with Gasteiger partial charge < -0.3 is 0 Å². The fraction of sp³-hybridized carbons (Fsp3) is 0.417. The van der Waals surface area contributed by atoms with Crippen LogP contribution in [0, 0.1) is 16.7 Å². The molecule has 5 rings (SSSR count). The zero-order valence-electron chi connectivity index (χ0n) is 15.5. The first kappa shape index (κ1) is 16.7. The molecule has 2 aromatic rings. The molecule has 0 N–H and O–H groups in total. The van der Waals surface area contributed by atoms with Crippen LogP contribution in [0.5, 0.6) is 0 Å². The van der Waals surface area contributed by atoms with Gasteiger partial charge in [-0.1, -0.05) is 42.5 Å². The third-order valence-electron chi connectivity index (χ3n) is 7.11. The number of hydrogen-bond acceptors (Lipinski definition) is 3. The molecule has 0 amide bonds. The molecular weight excluding hydrogens is 332 g/mol. The lowest BCUT2D eigenvalue weighted by Crippen LogP contribution is -2.57. The van der Waals surface area contributed by atoms with Crippen molar-refractivity contribution in [3.8, 4) is 6.07 Å². The number of carbonyl (C=O) groups is 1. The predicted molar refractivity (Wildman–Crippen MR) is 104 cm³/mol. The third kappa shape index (κ3) is 2.63. The molecule has 2 heterocycles. The summed E-state index contributed by atoms with van der Waals surface area (Å²) in [5, 5.41) is 9.18. The van der Waals surface area contributed by atoms with Gasteiger partial charge >= 0.3 is 0 Å². The Morgan fingerprint density at radius 3 is 2.48 bits per heavy atom. The zero-order valence-corrected chi connectivity index (χ0v) is 15.5. The van der Waals surface area contributed by atoms with Gasteiger partial charge in [0.15, 0.2) is 0 Å². The van der Waals surface area contributed by atoms with E-state index in [1.165, 1.54) is 17.5 Å². The SMILES string of the molecule is N#Cc1ccc(C23CCC(CC4(CC(=O)C4)C2)N3Cc2ccccc2)cc1. The fourth-order valence-electron chi connectivity index (χ4n) is 6.03. The van der Waals surface area contributed by atoms with Gasteiger partial charge in [0.2, 0.25) is 0 Å². The maximum Gasteiger partial charge on any atom is 0.134 e. The summed E-state index contributed by atoms with van der Waals surface area (Å²) in [5.41, 5.74) is 3.58. The van der Waals surface area contributed by atoms with Crippen molar-refractivity contribution < 1.29 is 4.79 Å². The van der Waals surface area contributed by atoms with Crippen molar-refractivity contribution >= 4 is 5.78 Å². The topological polar surface area (TPSA) is 44.1 Å². The molecule has 1 saturated carbocycles. The highest BCUT2D eigenvalue weighted by molar-refractivity contribution is 5.86. The Kier molecular flexibility index (Phi) is 3.74. The second-order valence-corrected chi connectivity index (χ2v) is 8.80. The van der Waals surface area contributed by atoms with Crippen LogP contribution >= 0.6 is 0 Å². The number of benzene rings is 2. The molecule has 3 aliphatic rings. The molecular formula is C24H24N2O. The summed E-state index contributed by atoms with van der Waals surface area (Å²) in [6.07, 6.45) is 6.10.